The molecule has 0 unspecified atom stereocenters. The molecule has 0 saturated heterocycles. The van der Waals surface area contributed by atoms with Crippen LogP contribution in [0.4, 0.5) is 5.82 Å². The van der Waals surface area contributed by atoms with E-state index in [4.69, 9.17) is 4.74 Å². The zero-order chi connectivity index (χ0) is 15.1. The second-order valence-electron chi connectivity index (χ2n) is 4.81. The third kappa shape index (κ3) is 3.68. The van der Waals surface area contributed by atoms with Gasteiger partial charge in [-0.1, -0.05) is 20.3 Å². The number of pyridine rings is 1. The van der Waals surface area contributed by atoms with Crippen molar-refractivity contribution in [1.82, 2.24) is 15.0 Å². The van der Waals surface area contributed by atoms with Crippen LogP contribution in [-0.2, 0) is 6.42 Å². The van der Waals surface area contributed by atoms with Crippen molar-refractivity contribution < 1.29 is 4.74 Å². The van der Waals surface area contributed by atoms with Gasteiger partial charge in [-0.3, -0.25) is 4.98 Å². The number of rotatable bonds is 7. The Bertz CT molecular complexity index is 586. The van der Waals surface area contributed by atoms with Crippen molar-refractivity contribution in [2.24, 2.45) is 0 Å². The molecule has 0 atom stereocenters. The molecule has 0 bridgehead atoms. The van der Waals surface area contributed by atoms with Crippen molar-refractivity contribution in [3.63, 3.8) is 0 Å². The minimum Gasteiger partial charge on any atom is -0.492 e. The smallest absolute Gasteiger partial charge is 0.138 e. The normalized spacial score (nSPS) is 10.4. The number of nitrogens with zero attached hydrogens (tertiary/aromatic N) is 3. The molecule has 0 spiro atoms. The fourth-order valence-electron chi connectivity index (χ4n) is 2.21. The number of hydrogen-bond acceptors (Lipinski definition) is 5. The Kier molecular flexibility index (Phi) is 5.49. The molecule has 0 radical (unpaired) electrons. The Morgan fingerprint density at radius 3 is 2.71 bits per heavy atom. The summed E-state index contributed by atoms with van der Waals surface area (Å²) in [7, 11) is 1.88. The lowest BCUT2D eigenvalue weighted by atomic mass is 10.0. The van der Waals surface area contributed by atoms with Crippen molar-refractivity contribution in [2.45, 2.75) is 33.1 Å². The molecular formula is C16H22N4O. The summed E-state index contributed by atoms with van der Waals surface area (Å²) in [5.74, 6) is 1.66. The Morgan fingerprint density at radius 2 is 2.00 bits per heavy atom. The van der Waals surface area contributed by atoms with Gasteiger partial charge in [-0.2, -0.15) is 0 Å². The molecule has 1 N–H and O–H groups in total. The summed E-state index contributed by atoms with van der Waals surface area (Å²) in [6, 6.07) is 1.99. The lowest BCUT2D eigenvalue weighted by molar-refractivity contribution is 0.316. The van der Waals surface area contributed by atoms with Gasteiger partial charge in [0.25, 0.3) is 0 Å². The summed E-state index contributed by atoms with van der Waals surface area (Å²) >= 11 is 0. The number of ether oxygens (including phenoxy) is 1. The summed E-state index contributed by atoms with van der Waals surface area (Å²) in [4.78, 5) is 13.0. The predicted octanol–water partition coefficient (Wildman–Crippen LogP) is 3.32. The Balaban J connectivity index is 2.41. The van der Waals surface area contributed by atoms with Gasteiger partial charge in [0.2, 0.25) is 0 Å². The molecule has 0 fully saturated rings. The average molecular weight is 286 g/mol. The first-order valence-electron chi connectivity index (χ1n) is 7.40. The predicted molar refractivity (Wildman–Crippen MR) is 84.6 cm³/mol. The standard InChI is InChI=1S/C16H22N4O/c1-4-6-14-15(19-11-20-16(14)17-3)12-8-13(10-18-9-12)21-7-5-2/h8-11H,4-7H2,1-3H3,(H,17,19,20). The van der Waals surface area contributed by atoms with E-state index < -0.39 is 0 Å². The van der Waals surface area contributed by atoms with E-state index >= 15 is 0 Å². The molecule has 0 aromatic carbocycles. The maximum atomic E-state index is 5.65. The van der Waals surface area contributed by atoms with Crippen LogP contribution < -0.4 is 10.1 Å². The van der Waals surface area contributed by atoms with Gasteiger partial charge in [-0.25, -0.2) is 9.97 Å². The maximum Gasteiger partial charge on any atom is 0.138 e. The van der Waals surface area contributed by atoms with Crippen LogP contribution in [0.25, 0.3) is 11.3 Å². The minimum absolute atomic E-state index is 0.693. The molecule has 0 aliphatic carbocycles. The third-order valence-electron chi connectivity index (χ3n) is 3.14. The second-order valence-corrected chi connectivity index (χ2v) is 4.81. The topological polar surface area (TPSA) is 59.9 Å². The summed E-state index contributed by atoms with van der Waals surface area (Å²) in [6.45, 7) is 4.92. The lowest BCUT2D eigenvalue weighted by Crippen LogP contribution is -2.03. The zero-order valence-corrected chi connectivity index (χ0v) is 12.9. The van der Waals surface area contributed by atoms with E-state index in [0.717, 1.165) is 47.7 Å². The highest BCUT2D eigenvalue weighted by molar-refractivity contribution is 5.68. The third-order valence-corrected chi connectivity index (χ3v) is 3.14. The van der Waals surface area contributed by atoms with Crippen molar-refractivity contribution in [3.8, 4) is 17.0 Å². The highest BCUT2D eigenvalue weighted by Crippen LogP contribution is 2.28. The summed E-state index contributed by atoms with van der Waals surface area (Å²) < 4.78 is 5.65. The number of nitrogens with one attached hydrogen (secondary N) is 1. The molecule has 2 heterocycles. The molecule has 2 rings (SSSR count). The highest BCUT2D eigenvalue weighted by atomic mass is 16.5. The van der Waals surface area contributed by atoms with Gasteiger partial charge < -0.3 is 10.1 Å². The molecule has 112 valence electrons. The van der Waals surface area contributed by atoms with Crippen LogP contribution in [0, 0.1) is 0 Å². The maximum absolute atomic E-state index is 5.65. The van der Waals surface area contributed by atoms with Gasteiger partial charge in [0.05, 0.1) is 18.5 Å². The Morgan fingerprint density at radius 1 is 1.14 bits per heavy atom. The van der Waals surface area contributed by atoms with Crippen molar-refractivity contribution in [1.29, 1.82) is 0 Å². The highest BCUT2D eigenvalue weighted by Gasteiger charge is 2.12. The molecule has 5 nitrogen and oxygen atoms in total. The average Bonchev–Trinajstić information content (AvgIpc) is 2.53. The summed E-state index contributed by atoms with van der Waals surface area (Å²) in [6.07, 6.45) is 8.07. The van der Waals surface area contributed by atoms with Crippen LogP contribution in [0.1, 0.15) is 32.3 Å². The van der Waals surface area contributed by atoms with Crippen molar-refractivity contribution in [3.05, 3.63) is 30.4 Å². The van der Waals surface area contributed by atoms with Crippen molar-refractivity contribution >= 4 is 5.82 Å². The summed E-state index contributed by atoms with van der Waals surface area (Å²) in [5.41, 5.74) is 3.01. The minimum atomic E-state index is 0.693. The Hall–Kier alpha value is -2.17. The van der Waals surface area contributed by atoms with Crippen molar-refractivity contribution in [2.75, 3.05) is 19.0 Å². The fourth-order valence-corrected chi connectivity index (χ4v) is 2.21. The van der Waals surface area contributed by atoms with Gasteiger partial charge in [0, 0.05) is 24.4 Å². The van der Waals surface area contributed by atoms with E-state index in [9.17, 15) is 0 Å². The molecule has 0 aliphatic heterocycles. The van der Waals surface area contributed by atoms with E-state index in [1.165, 1.54) is 0 Å². The van der Waals surface area contributed by atoms with E-state index in [0.29, 0.717) is 6.61 Å². The zero-order valence-electron chi connectivity index (χ0n) is 12.9. The largest absolute Gasteiger partial charge is 0.492 e. The molecule has 21 heavy (non-hydrogen) atoms. The molecule has 0 saturated carbocycles. The molecule has 0 amide bonds. The van der Waals surface area contributed by atoms with E-state index in [1.54, 1.807) is 12.5 Å². The van der Waals surface area contributed by atoms with Crippen LogP contribution in [0.5, 0.6) is 5.75 Å². The first-order valence-corrected chi connectivity index (χ1v) is 7.40. The molecule has 5 heteroatoms. The van der Waals surface area contributed by atoms with E-state index in [-0.39, 0.29) is 0 Å². The van der Waals surface area contributed by atoms with Crippen LogP contribution >= 0.6 is 0 Å². The SMILES string of the molecule is CCCOc1cncc(-c2ncnc(NC)c2CCC)c1. The molecule has 2 aromatic heterocycles. The van der Waals surface area contributed by atoms with Crippen LogP contribution in [0.3, 0.4) is 0 Å². The first-order chi connectivity index (χ1) is 10.3. The Labute approximate surface area is 125 Å². The van der Waals surface area contributed by atoms with Gasteiger partial charge in [-0.15, -0.1) is 0 Å². The quantitative estimate of drug-likeness (QED) is 0.846. The summed E-state index contributed by atoms with van der Waals surface area (Å²) in [5, 5.41) is 3.14. The number of aromatic nitrogens is 3. The van der Waals surface area contributed by atoms with Crippen LogP contribution in [-0.4, -0.2) is 28.6 Å². The van der Waals surface area contributed by atoms with Crippen LogP contribution in [0.2, 0.25) is 0 Å². The van der Waals surface area contributed by atoms with Crippen LogP contribution in [0.15, 0.2) is 24.8 Å². The lowest BCUT2D eigenvalue weighted by Gasteiger charge is -2.12. The monoisotopic (exact) mass is 286 g/mol. The van der Waals surface area contributed by atoms with Gasteiger partial charge >= 0.3 is 0 Å². The van der Waals surface area contributed by atoms with E-state index in [2.05, 4.69) is 34.1 Å². The van der Waals surface area contributed by atoms with Gasteiger partial charge in [-0.05, 0) is 18.9 Å². The van der Waals surface area contributed by atoms with E-state index in [1.807, 2.05) is 19.3 Å². The fraction of sp³-hybridized carbons (Fsp3) is 0.438. The number of hydrogen-bond donors (Lipinski definition) is 1. The van der Waals surface area contributed by atoms with Gasteiger partial charge in [0.1, 0.15) is 17.9 Å². The molecular weight excluding hydrogens is 264 g/mol. The van der Waals surface area contributed by atoms with Gasteiger partial charge in [0.15, 0.2) is 0 Å². The first kappa shape index (κ1) is 15.2. The molecule has 2 aromatic rings. The number of anilines is 1. The second kappa shape index (κ2) is 7.57. The molecule has 0 aliphatic rings.